The van der Waals surface area contributed by atoms with Crippen LogP contribution >= 0.6 is 11.3 Å². The number of carbonyl (C=O) groups excluding carboxylic acids is 1. The van der Waals surface area contributed by atoms with E-state index in [4.69, 9.17) is 9.47 Å². The summed E-state index contributed by atoms with van der Waals surface area (Å²) in [5, 5.41) is 0. The lowest BCUT2D eigenvalue weighted by Gasteiger charge is -2.15. The second kappa shape index (κ2) is 9.16. The van der Waals surface area contributed by atoms with Crippen LogP contribution in [0, 0.1) is 0 Å². The van der Waals surface area contributed by atoms with Gasteiger partial charge in [-0.3, -0.25) is 4.79 Å². The number of thiazole rings is 1. The zero-order valence-corrected chi connectivity index (χ0v) is 18.9. The van der Waals surface area contributed by atoms with E-state index in [0.717, 1.165) is 29.9 Å². The SMILES string of the molecule is CCOc1ccc(C(F)(F)F)cc1C(=O)/N=c1\sc(C(C)(C)C)cn1C[C@H]1CCCO1. The molecule has 0 aliphatic carbocycles. The molecule has 1 saturated heterocycles. The number of ether oxygens (including phenoxy) is 2. The van der Waals surface area contributed by atoms with E-state index in [1.165, 1.54) is 17.4 Å². The lowest BCUT2D eigenvalue weighted by atomic mass is 9.95. The monoisotopic (exact) mass is 456 g/mol. The van der Waals surface area contributed by atoms with Crippen LogP contribution in [0.5, 0.6) is 5.75 Å². The maximum Gasteiger partial charge on any atom is 0.416 e. The molecule has 5 nitrogen and oxygen atoms in total. The zero-order chi connectivity index (χ0) is 22.8. The Hall–Kier alpha value is -2.13. The molecule has 31 heavy (non-hydrogen) atoms. The first-order valence-corrected chi connectivity index (χ1v) is 11.1. The predicted octanol–water partition coefficient (Wildman–Crippen LogP) is 5.18. The van der Waals surface area contributed by atoms with Gasteiger partial charge in [-0.15, -0.1) is 11.3 Å². The molecule has 0 unspecified atom stereocenters. The van der Waals surface area contributed by atoms with Gasteiger partial charge < -0.3 is 14.0 Å². The van der Waals surface area contributed by atoms with E-state index < -0.39 is 17.6 Å². The third-order valence-electron chi connectivity index (χ3n) is 4.92. The molecule has 0 spiro atoms. The molecule has 0 N–H and O–H groups in total. The highest BCUT2D eigenvalue weighted by Crippen LogP contribution is 2.33. The molecule has 2 aromatic rings. The number of hydrogen-bond donors (Lipinski definition) is 0. The van der Waals surface area contributed by atoms with Crippen LogP contribution in [0.1, 0.15) is 61.3 Å². The Kier molecular flexibility index (Phi) is 6.95. The van der Waals surface area contributed by atoms with Crippen molar-refractivity contribution in [1.82, 2.24) is 4.57 Å². The van der Waals surface area contributed by atoms with Gasteiger partial charge in [-0.2, -0.15) is 18.2 Å². The van der Waals surface area contributed by atoms with Crippen molar-refractivity contribution in [3.8, 4) is 5.75 Å². The summed E-state index contributed by atoms with van der Waals surface area (Å²) in [5.41, 5.74) is -1.28. The molecule has 0 bridgehead atoms. The summed E-state index contributed by atoms with van der Waals surface area (Å²) in [6.45, 7) is 9.34. The number of halogens is 3. The molecule has 1 fully saturated rings. The lowest BCUT2D eigenvalue weighted by Crippen LogP contribution is -2.23. The van der Waals surface area contributed by atoms with Gasteiger partial charge in [0.2, 0.25) is 0 Å². The largest absolute Gasteiger partial charge is 0.493 e. The van der Waals surface area contributed by atoms with Crippen molar-refractivity contribution in [2.75, 3.05) is 13.2 Å². The Morgan fingerprint density at radius 2 is 2.06 bits per heavy atom. The molecule has 9 heteroatoms. The van der Waals surface area contributed by atoms with E-state index in [1.807, 2.05) is 10.8 Å². The first kappa shape index (κ1) is 23.5. The fourth-order valence-electron chi connectivity index (χ4n) is 3.25. The van der Waals surface area contributed by atoms with Crippen molar-refractivity contribution < 1.29 is 27.4 Å². The highest BCUT2D eigenvalue weighted by molar-refractivity contribution is 7.09. The van der Waals surface area contributed by atoms with Crippen molar-refractivity contribution in [2.24, 2.45) is 4.99 Å². The molecule has 1 aliphatic rings. The average molecular weight is 457 g/mol. The average Bonchev–Trinajstić information content (AvgIpc) is 3.32. The van der Waals surface area contributed by atoms with Gasteiger partial charge in [0.25, 0.3) is 5.91 Å². The quantitative estimate of drug-likeness (QED) is 0.623. The van der Waals surface area contributed by atoms with Crippen LogP contribution in [0.4, 0.5) is 13.2 Å². The highest BCUT2D eigenvalue weighted by Gasteiger charge is 2.32. The van der Waals surface area contributed by atoms with Crippen molar-refractivity contribution >= 4 is 17.2 Å². The van der Waals surface area contributed by atoms with Crippen LogP contribution in [-0.2, 0) is 22.9 Å². The minimum atomic E-state index is -4.57. The second-order valence-corrected chi connectivity index (χ2v) is 9.48. The maximum absolute atomic E-state index is 13.2. The molecule has 1 aromatic carbocycles. The normalized spacial score (nSPS) is 17.9. The van der Waals surface area contributed by atoms with Crippen molar-refractivity contribution in [3.63, 3.8) is 0 Å². The standard InChI is InChI=1S/C22H27F3N2O3S/c1-5-29-17-9-8-14(22(23,24)25)11-16(17)19(28)26-20-27(12-15-7-6-10-30-15)13-18(31-20)21(2,3)4/h8-9,11,13,15H,5-7,10,12H2,1-4H3/b26-20-/t15-/m1/s1. The number of rotatable bonds is 5. The fourth-order valence-corrected chi connectivity index (χ4v) is 4.31. The first-order valence-electron chi connectivity index (χ1n) is 10.2. The summed E-state index contributed by atoms with van der Waals surface area (Å²) in [7, 11) is 0. The third kappa shape index (κ3) is 5.77. The zero-order valence-electron chi connectivity index (χ0n) is 18.1. The molecule has 0 saturated carbocycles. The summed E-state index contributed by atoms with van der Waals surface area (Å²) in [6.07, 6.45) is -0.683. The van der Waals surface area contributed by atoms with Crippen molar-refractivity contribution in [1.29, 1.82) is 0 Å². The van der Waals surface area contributed by atoms with Crippen molar-refractivity contribution in [2.45, 2.75) is 64.8 Å². The molecule has 170 valence electrons. The smallest absolute Gasteiger partial charge is 0.416 e. The number of nitrogens with zero attached hydrogens (tertiary/aromatic N) is 2. The van der Waals surface area contributed by atoms with Gasteiger partial charge in [-0.1, -0.05) is 20.8 Å². The van der Waals surface area contributed by atoms with Gasteiger partial charge in [-0.25, -0.2) is 0 Å². The van der Waals surface area contributed by atoms with Crippen LogP contribution < -0.4 is 9.54 Å². The molecular weight excluding hydrogens is 429 g/mol. The first-order chi connectivity index (χ1) is 14.5. The van der Waals surface area contributed by atoms with Crippen LogP contribution in [0.25, 0.3) is 0 Å². The molecular formula is C22H27F3N2O3S. The minimum Gasteiger partial charge on any atom is -0.493 e. The number of benzene rings is 1. The maximum atomic E-state index is 13.2. The van der Waals surface area contributed by atoms with Gasteiger partial charge in [0, 0.05) is 17.7 Å². The summed E-state index contributed by atoms with van der Waals surface area (Å²) >= 11 is 1.36. The molecule has 1 amide bonds. The summed E-state index contributed by atoms with van der Waals surface area (Å²) in [6, 6.07) is 2.88. The number of amides is 1. The Balaban J connectivity index is 2.05. The molecule has 1 aliphatic heterocycles. The van der Waals surface area contributed by atoms with Gasteiger partial charge >= 0.3 is 6.18 Å². The highest BCUT2D eigenvalue weighted by atomic mass is 32.1. The van der Waals surface area contributed by atoms with Crippen LogP contribution in [0.3, 0.4) is 0 Å². The van der Waals surface area contributed by atoms with E-state index in [9.17, 15) is 18.0 Å². The molecule has 0 radical (unpaired) electrons. The number of alkyl halides is 3. The summed E-state index contributed by atoms with van der Waals surface area (Å²) in [4.78, 5) is 18.7. The lowest BCUT2D eigenvalue weighted by molar-refractivity contribution is -0.137. The van der Waals surface area contributed by atoms with E-state index >= 15 is 0 Å². The van der Waals surface area contributed by atoms with Crippen LogP contribution in [-0.4, -0.2) is 29.8 Å². The Labute approximate surface area is 183 Å². The third-order valence-corrected chi connectivity index (χ3v) is 6.36. The Morgan fingerprint density at radius 1 is 1.32 bits per heavy atom. The predicted molar refractivity (Wildman–Crippen MR) is 112 cm³/mol. The second-order valence-electron chi connectivity index (χ2n) is 8.47. The van der Waals surface area contributed by atoms with Gasteiger partial charge in [0.05, 0.1) is 30.4 Å². The molecule has 1 atom stereocenters. The Morgan fingerprint density at radius 3 is 2.65 bits per heavy atom. The van der Waals surface area contributed by atoms with E-state index in [-0.39, 0.29) is 29.4 Å². The topological polar surface area (TPSA) is 52.8 Å². The summed E-state index contributed by atoms with van der Waals surface area (Å²) in [5.74, 6) is -0.680. The van der Waals surface area contributed by atoms with Crippen molar-refractivity contribution in [3.05, 3.63) is 45.2 Å². The number of carbonyl (C=O) groups is 1. The summed E-state index contributed by atoms with van der Waals surface area (Å²) < 4.78 is 52.6. The van der Waals surface area contributed by atoms with Gasteiger partial charge in [0.15, 0.2) is 4.80 Å². The molecule has 1 aromatic heterocycles. The Bertz CT molecular complexity index is 997. The van der Waals surface area contributed by atoms with Gasteiger partial charge in [-0.05, 0) is 43.4 Å². The molecule has 2 heterocycles. The van der Waals surface area contributed by atoms with Crippen LogP contribution in [0.15, 0.2) is 29.4 Å². The van der Waals surface area contributed by atoms with E-state index in [2.05, 4.69) is 25.8 Å². The van der Waals surface area contributed by atoms with E-state index in [1.54, 1.807) is 6.92 Å². The van der Waals surface area contributed by atoms with Crippen LogP contribution in [0.2, 0.25) is 0 Å². The van der Waals surface area contributed by atoms with Gasteiger partial charge in [0.1, 0.15) is 5.75 Å². The van der Waals surface area contributed by atoms with E-state index in [0.29, 0.717) is 18.0 Å². The number of aromatic nitrogens is 1. The fraction of sp³-hybridized carbons (Fsp3) is 0.545. The minimum absolute atomic E-state index is 0.0315. The molecule has 3 rings (SSSR count). The number of hydrogen-bond acceptors (Lipinski definition) is 4.